The van der Waals surface area contributed by atoms with Gasteiger partial charge in [0.1, 0.15) is 0 Å². The number of fused-ring (bicyclic) bond motifs is 1. The second kappa shape index (κ2) is 3.53. The molecule has 1 heteroatoms. The molecule has 0 saturated heterocycles. The minimum atomic E-state index is 0. The largest absolute Gasteiger partial charge is 0.175 e. The molecule has 0 bridgehead atoms. The third-order valence-corrected chi connectivity index (χ3v) is 3.18. The van der Waals surface area contributed by atoms with E-state index in [1.54, 1.807) is 0 Å². The third-order valence-electron chi connectivity index (χ3n) is 2.55. The molecule has 1 aromatic carbocycles. The van der Waals surface area contributed by atoms with Crippen molar-refractivity contribution in [1.29, 1.82) is 0 Å². The maximum absolute atomic E-state index is 4.53. The van der Waals surface area contributed by atoms with Gasteiger partial charge in [-0.15, -0.1) is 0 Å². The summed E-state index contributed by atoms with van der Waals surface area (Å²) < 4.78 is 0. The number of hydrogen-bond acceptors (Lipinski definition) is 1. The molecule has 0 radical (unpaired) electrons. The van der Waals surface area contributed by atoms with Crippen LogP contribution in [0.1, 0.15) is 31.4 Å². The van der Waals surface area contributed by atoms with E-state index in [9.17, 15) is 0 Å². The van der Waals surface area contributed by atoms with E-state index in [0.717, 1.165) is 6.42 Å². The molecule has 1 aliphatic rings. The first-order chi connectivity index (χ1) is 5.29. The highest BCUT2D eigenvalue weighted by Crippen LogP contribution is 2.35. The molecule has 0 fully saturated rings. The summed E-state index contributed by atoms with van der Waals surface area (Å²) in [5.74, 6) is 0.634. The summed E-state index contributed by atoms with van der Waals surface area (Å²) >= 11 is 4.53. The summed E-state index contributed by atoms with van der Waals surface area (Å²) in [6, 6.07) is 8.65. The summed E-state index contributed by atoms with van der Waals surface area (Å²) in [4.78, 5) is 0. The van der Waals surface area contributed by atoms with Crippen LogP contribution in [0.15, 0.2) is 24.3 Å². The monoisotopic (exact) mass is 180 g/mol. The summed E-state index contributed by atoms with van der Waals surface area (Å²) in [5.41, 5.74) is 2.98. The molecule has 0 nitrogen and oxygen atoms in total. The van der Waals surface area contributed by atoms with E-state index in [-0.39, 0.29) is 7.43 Å². The predicted octanol–water partition coefficient (Wildman–Crippen LogP) is 3.28. The fraction of sp³-hybridized carbons (Fsp3) is 0.455. The van der Waals surface area contributed by atoms with Crippen molar-refractivity contribution >= 4 is 12.6 Å². The van der Waals surface area contributed by atoms with Gasteiger partial charge < -0.3 is 0 Å². The predicted molar refractivity (Wildman–Crippen MR) is 58.1 cm³/mol. The first kappa shape index (κ1) is 9.66. The van der Waals surface area contributed by atoms with Crippen LogP contribution >= 0.6 is 12.6 Å². The fourth-order valence-corrected chi connectivity index (χ4v) is 2.13. The molecule has 66 valence electrons. The van der Waals surface area contributed by atoms with Crippen LogP contribution in [0.5, 0.6) is 0 Å². The third kappa shape index (κ3) is 1.38. The highest BCUT2D eigenvalue weighted by atomic mass is 32.1. The average molecular weight is 180 g/mol. The van der Waals surface area contributed by atoms with Crippen LogP contribution in [-0.4, -0.2) is 5.25 Å². The van der Waals surface area contributed by atoms with Crippen LogP contribution in [0.4, 0.5) is 0 Å². The second-order valence-electron chi connectivity index (χ2n) is 3.26. The lowest BCUT2D eigenvalue weighted by molar-refractivity contribution is 0.771. The highest BCUT2D eigenvalue weighted by molar-refractivity contribution is 7.81. The molecule has 0 N–H and O–H groups in total. The van der Waals surface area contributed by atoms with Gasteiger partial charge in [0.25, 0.3) is 0 Å². The minimum absolute atomic E-state index is 0. The molecule has 0 spiro atoms. The van der Waals surface area contributed by atoms with Gasteiger partial charge in [-0.2, -0.15) is 12.6 Å². The Morgan fingerprint density at radius 2 is 2.00 bits per heavy atom. The molecule has 1 aliphatic carbocycles. The van der Waals surface area contributed by atoms with Crippen molar-refractivity contribution in [3.8, 4) is 0 Å². The van der Waals surface area contributed by atoms with Crippen LogP contribution in [0, 0.1) is 0 Å². The van der Waals surface area contributed by atoms with Crippen LogP contribution in [0.3, 0.4) is 0 Å². The number of hydrogen-bond donors (Lipinski definition) is 1. The Kier molecular flexibility index (Phi) is 2.84. The summed E-state index contributed by atoms with van der Waals surface area (Å²) in [6.45, 7) is 2.25. The molecule has 0 aromatic heterocycles. The summed E-state index contributed by atoms with van der Waals surface area (Å²) in [7, 11) is 0. The van der Waals surface area contributed by atoms with Crippen molar-refractivity contribution < 1.29 is 0 Å². The van der Waals surface area contributed by atoms with Gasteiger partial charge in [-0.25, -0.2) is 0 Å². The Morgan fingerprint density at radius 1 is 1.33 bits per heavy atom. The smallest absolute Gasteiger partial charge is 0.0123 e. The van der Waals surface area contributed by atoms with Gasteiger partial charge >= 0.3 is 0 Å². The molecular formula is C11H16S. The second-order valence-corrected chi connectivity index (χ2v) is 3.92. The zero-order valence-corrected chi connectivity index (χ0v) is 7.51. The van der Waals surface area contributed by atoms with Gasteiger partial charge in [0, 0.05) is 5.25 Å². The van der Waals surface area contributed by atoms with Crippen LogP contribution in [0.2, 0.25) is 0 Å². The molecule has 0 unspecified atom stereocenters. The van der Waals surface area contributed by atoms with Gasteiger partial charge in [0.05, 0.1) is 0 Å². The van der Waals surface area contributed by atoms with Crippen LogP contribution in [-0.2, 0) is 6.42 Å². The normalized spacial score (nSPS) is 26.2. The Bertz CT molecular complexity index is 267. The highest BCUT2D eigenvalue weighted by Gasteiger charge is 2.25. The van der Waals surface area contributed by atoms with E-state index in [1.807, 2.05) is 0 Å². The Hall–Kier alpha value is -0.430. The van der Waals surface area contributed by atoms with Crippen molar-refractivity contribution in [2.24, 2.45) is 0 Å². The summed E-state index contributed by atoms with van der Waals surface area (Å²) in [5, 5.41) is 0.535. The molecule has 0 amide bonds. The van der Waals surface area contributed by atoms with Crippen LogP contribution < -0.4 is 0 Å². The summed E-state index contributed by atoms with van der Waals surface area (Å²) in [6.07, 6.45) is 1.14. The van der Waals surface area contributed by atoms with Crippen LogP contribution in [0.25, 0.3) is 0 Å². The molecule has 0 heterocycles. The molecule has 12 heavy (non-hydrogen) atoms. The molecular weight excluding hydrogens is 164 g/mol. The lowest BCUT2D eigenvalue weighted by atomic mass is 10.0. The zero-order valence-electron chi connectivity index (χ0n) is 6.62. The maximum atomic E-state index is 4.53. The number of thiol groups is 1. The zero-order chi connectivity index (χ0) is 7.84. The molecule has 2 rings (SSSR count). The Balaban J connectivity index is 0.000000720. The number of rotatable bonds is 0. The molecule has 1 aromatic rings. The molecule has 2 atom stereocenters. The fourth-order valence-electron chi connectivity index (χ4n) is 1.77. The van der Waals surface area contributed by atoms with E-state index in [0.29, 0.717) is 11.2 Å². The maximum Gasteiger partial charge on any atom is 0.0123 e. The lowest BCUT2D eigenvalue weighted by Crippen LogP contribution is -2.01. The average Bonchev–Trinajstić information content (AvgIpc) is 2.30. The van der Waals surface area contributed by atoms with E-state index < -0.39 is 0 Å². The molecule has 0 saturated carbocycles. The first-order valence-corrected chi connectivity index (χ1v) is 4.56. The lowest BCUT2D eigenvalue weighted by Gasteiger charge is -2.07. The van der Waals surface area contributed by atoms with Gasteiger partial charge in [0.2, 0.25) is 0 Å². The minimum Gasteiger partial charge on any atom is -0.175 e. The van der Waals surface area contributed by atoms with Gasteiger partial charge in [0.15, 0.2) is 0 Å². The Morgan fingerprint density at radius 3 is 2.67 bits per heavy atom. The van der Waals surface area contributed by atoms with Gasteiger partial charge in [-0.3, -0.25) is 0 Å². The van der Waals surface area contributed by atoms with Crippen molar-refractivity contribution in [3.05, 3.63) is 35.4 Å². The number of benzene rings is 1. The first-order valence-electron chi connectivity index (χ1n) is 4.05. The van der Waals surface area contributed by atoms with Crippen molar-refractivity contribution in [2.75, 3.05) is 0 Å². The van der Waals surface area contributed by atoms with E-state index >= 15 is 0 Å². The topological polar surface area (TPSA) is 0 Å². The van der Waals surface area contributed by atoms with E-state index in [1.165, 1.54) is 11.1 Å². The standard InChI is InChI=1S/C10H12S.CH4/c1-7-9-5-3-2-4-8(9)6-10(7)11;/h2-5,7,10-11H,6H2,1H3;1H4/t7-,10+;/m0./s1. The van der Waals surface area contributed by atoms with Gasteiger partial charge in [-0.05, 0) is 23.5 Å². The van der Waals surface area contributed by atoms with Crippen molar-refractivity contribution in [1.82, 2.24) is 0 Å². The van der Waals surface area contributed by atoms with E-state index in [4.69, 9.17) is 0 Å². The molecule has 0 aliphatic heterocycles. The van der Waals surface area contributed by atoms with Crippen molar-refractivity contribution in [2.45, 2.75) is 31.9 Å². The SMILES string of the molecule is C.C[C@H]1c2ccccc2C[C@H]1S. The Labute approximate surface area is 80.4 Å². The quantitative estimate of drug-likeness (QED) is 0.582. The van der Waals surface area contributed by atoms with Crippen molar-refractivity contribution in [3.63, 3.8) is 0 Å². The van der Waals surface area contributed by atoms with Gasteiger partial charge in [-0.1, -0.05) is 38.6 Å². The van der Waals surface area contributed by atoms with E-state index in [2.05, 4.69) is 43.8 Å².